The first kappa shape index (κ1) is 14.7. The summed E-state index contributed by atoms with van der Waals surface area (Å²) in [6.07, 6.45) is 0. The number of aromatic nitrogens is 2. The van der Waals surface area contributed by atoms with Gasteiger partial charge in [-0.05, 0) is 25.1 Å². The average molecular weight is 334 g/mol. The highest BCUT2D eigenvalue weighted by molar-refractivity contribution is 9.10. The molecule has 3 N–H and O–H groups in total. The van der Waals surface area contributed by atoms with Crippen LogP contribution in [0.15, 0.2) is 28.7 Å². The Hall–Kier alpha value is -1.40. The van der Waals surface area contributed by atoms with E-state index < -0.39 is 0 Å². The highest BCUT2D eigenvalue weighted by Gasteiger charge is 2.05. The Morgan fingerprint density at radius 3 is 2.61 bits per heavy atom. The molecule has 0 radical (unpaired) electrons. The maximum absolute atomic E-state index is 13.6. The molecule has 2 aromatic rings. The zero-order valence-corrected chi connectivity index (χ0v) is 11.8. The molecular formula is C11H11BrClFN4. The van der Waals surface area contributed by atoms with Crippen LogP contribution in [-0.4, -0.2) is 9.97 Å². The van der Waals surface area contributed by atoms with Gasteiger partial charge < -0.3 is 11.1 Å². The van der Waals surface area contributed by atoms with Gasteiger partial charge in [0.2, 0.25) is 5.95 Å². The maximum Gasteiger partial charge on any atom is 0.229 e. The maximum atomic E-state index is 13.6. The number of nitrogens with one attached hydrogen (secondary N) is 1. The monoisotopic (exact) mass is 332 g/mol. The summed E-state index contributed by atoms with van der Waals surface area (Å²) in [5.74, 6) is 0.240. The summed E-state index contributed by atoms with van der Waals surface area (Å²) in [4.78, 5) is 8.08. The van der Waals surface area contributed by atoms with E-state index in [4.69, 9.17) is 5.73 Å². The Kier molecular flexibility index (Phi) is 4.86. The molecule has 0 aliphatic heterocycles. The molecule has 0 amide bonds. The van der Waals surface area contributed by atoms with E-state index in [1.807, 2.05) is 0 Å². The van der Waals surface area contributed by atoms with Crippen molar-refractivity contribution in [3.63, 3.8) is 0 Å². The summed E-state index contributed by atoms with van der Waals surface area (Å²) >= 11 is 3.19. The topological polar surface area (TPSA) is 63.8 Å². The molecule has 0 fully saturated rings. The Balaban J connectivity index is 0.00000162. The first-order chi connectivity index (χ1) is 8.04. The third-order valence-electron chi connectivity index (χ3n) is 2.05. The van der Waals surface area contributed by atoms with Crippen LogP contribution < -0.4 is 11.1 Å². The summed E-state index contributed by atoms with van der Waals surface area (Å²) in [6.45, 7) is 1.79. The van der Waals surface area contributed by atoms with Crippen LogP contribution in [-0.2, 0) is 0 Å². The second-order valence-corrected chi connectivity index (χ2v) is 4.42. The quantitative estimate of drug-likeness (QED) is 0.884. The van der Waals surface area contributed by atoms with Crippen LogP contribution in [0.2, 0.25) is 0 Å². The van der Waals surface area contributed by atoms with E-state index in [-0.39, 0.29) is 24.2 Å². The van der Waals surface area contributed by atoms with Gasteiger partial charge in [-0.25, -0.2) is 9.37 Å². The summed E-state index contributed by atoms with van der Waals surface area (Å²) in [7, 11) is 0. The van der Waals surface area contributed by atoms with Gasteiger partial charge in [-0.3, -0.25) is 0 Å². The van der Waals surface area contributed by atoms with Crippen molar-refractivity contribution >= 4 is 45.8 Å². The molecule has 1 heterocycles. The van der Waals surface area contributed by atoms with Crippen LogP contribution in [0.1, 0.15) is 5.69 Å². The van der Waals surface area contributed by atoms with Crippen LogP contribution in [0, 0.1) is 12.7 Å². The molecule has 0 aliphatic carbocycles. The van der Waals surface area contributed by atoms with Gasteiger partial charge in [-0.15, -0.1) is 12.4 Å². The van der Waals surface area contributed by atoms with Gasteiger partial charge in [0.25, 0.3) is 0 Å². The minimum absolute atomic E-state index is 0. The van der Waals surface area contributed by atoms with E-state index in [0.717, 1.165) is 5.69 Å². The van der Waals surface area contributed by atoms with E-state index in [0.29, 0.717) is 16.0 Å². The lowest BCUT2D eigenvalue weighted by Gasteiger charge is -2.07. The Morgan fingerprint density at radius 1 is 1.28 bits per heavy atom. The fourth-order valence-corrected chi connectivity index (χ4v) is 1.69. The normalized spacial score (nSPS) is 9.72. The number of aryl methyl sites for hydroxylation is 1. The van der Waals surface area contributed by atoms with Crippen molar-refractivity contribution in [1.82, 2.24) is 9.97 Å². The van der Waals surface area contributed by atoms with E-state index in [1.165, 1.54) is 6.07 Å². The summed E-state index contributed by atoms with van der Waals surface area (Å²) in [5, 5.41) is 2.78. The number of rotatable bonds is 2. The molecule has 0 saturated carbocycles. The number of halogens is 3. The molecule has 0 bridgehead atoms. The van der Waals surface area contributed by atoms with Gasteiger partial charge in [0.05, 0.1) is 5.69 Å². The van der Waals surface area contributed by atoms with Crippen molar-refractivity contribution in [2.45, 2.75) is 6.92 Å². The zero-order valence-electron chi connectivity index (χ0n) is 9.45. The molecular weight excluding hydrogens is 323 g/mol. The SMILES string of the molecule is Cc1cc(N)nc(Nc2ccc(Br)cc2F)n1.Cl. The summed E-state index contributed by atoms with van der Waals surface area (Å²) < 4.78 is 14.2. The summed E-state index contributed by atoms with van der Waals surface area (Å²) in [6, 6.07) is 6.33. The molecule has 0 aliphatic rings. The minimum Gasteiger partial charge on any atom is -0.384 e. The summed E-state index contributed by atoms with van der Waals surface area (Å²) in [5.41, 5.74) is 6.61. The number of benzene rings is 1. The van der Waals surface area contributed by atoms with Crippen LogP contribution in [0.3, 0.4) is 0 Å². The standard InChI is InChI=1S/C11H10BrFN4.ClH/c1-6-4-10(14)17-11(15-6)16-9-3-2-7(12)5-8(9)13;/h2-5H,1H3,(H3,14,15,16,17);1H. The second kappa shape index (κ2) is 5.97. The van der Waals surface area contributed by atoms with Gasteiger partial charge in [-0.2, -0.15) is 4.98 Å². The van der Waals surface area contributed by atoms with E-state index >= 15 is 0 Å². The largest absolute Gasteiger partial charge is 0.384 e. The highest BCUT2D eigenvalue weighted by Crippen LogP contribution is 2.22. The minimum atomic E-state index is -0.386. The molecule has 1 aromatic carbocycles. The number of anilines is 3. The fraction of sp³-hybridized carbons (Fsp3) is 0.0909. The van der Waals surface area contributed by atoms with Gasteiger partial charge in [0.1, 0.15) is 11.6 Å². The molecule has 0 unspecified atom stereocenters. The van der Waals surface area contributed by atoms with Crippen LogP contribution >= 0.6 is 28.3 Å². The predicted octanol–water partition coefficient (Wildman–Crippen LogP) is 3.43. The fourth-order valence-electron chi connectivity index (χ4n) is 1.36. The van der Waals surface area contributed by atoms with Crippen molar-refractivity contribution in [2.24, 2.45) is 0 Å². The third kappa shape index (κ3) is 3.54. The van der Waals surface area contributed by atoms with E-state index in [2.05, 4.69) is 31.2 Å². The average Bonchev–Trinajstić information content (AvgIpc) is 2.21. The number of nitrogens with two attached hydrogens (primary N) is 1. The molecule has 7 heteroatoms. The van der Waals surface area contributed by atoms with Crippen molar-refractivity contribution in [2.75, 3.05) is 11.1 Å². The molecule has 0 atom stereocenters. The van der Waals surface area contributed by atoms with Gasteiger partial charge in [0.15, 0.2) is 0 Å². The van der Waals surface area contributed by atoms with Gasteiger partial charge in [0, 0.05) is 16.2 Å². The van der Waals surface area contributed by atoms with Crippen LogP contribution in [0.25, 0.3) is 0 Å². The van der Waals surface area contributed by atoms with Gasteiger partial charge >= 0.3 is 0 Å². The van der Waals surface area contributed by atoms with Gasteiger partial charge in [-0.1, -0.05) is 15.9 Å². The van der Waals surface area contributed by atoms with E-state index in [1.54, 1.807) is 25.1 Å². The first-order valence-corrected chi connectivity index (χ1v) is 5.67. The number of nitrogens with zero attached hydrogens (tertiary/aromatic N) is 2. The van der Waals surface area contributed by atoms with Crippen molar-refractivity contribution in [1.29, 1.82) is 0 Å². The molecule has 96 valence electrons. The Labute approximate surface area is 118 Å². The lowest BCUT2D eigenvalue weighted by molar-refractivity contribution is 0.630. The van der Waals surface area contributed by atoms with Crippen LogP contribution in [0.5, 0.6) is 0 Å². The number of hydrogen-bond acceptors (Lipinski definition) is 4. The highest BCUT2D eigenvalue weighted by atomic mass is 79.9. The third-order valence-corrected chi connectivity index (χ3v) is 2.54. The number of nitrogen functional groups attached to an aromatic ring is 1. The van der Waals surface area contributed by atoms with Crippen LogP contribution in [0.4, 0.5) is 21.8 Å². The molecule has 1 aromatic heterocycles. The lowest BCUT2D eigenvalue weighted by Crippen LogP contribution is -2.02. The molecule has 0 saturated heterocycles. The predicted molar refractivity (Wildman–Crippen MR) is 75.8 cm³/mol. The van der Waals surface area contributed by atoms with Crippen molar-refractivity contribution in [3.8, 4) is 0 Å². The second-order valence-electron chi connectivity index (χ2n) is 3.51. The molecule has 18 heavy (non-hydrogen) atoms. The smallest absolute Gasteiger partial charge is 0.229 e. The molecule has 2 rings (SSSR count). The zero-order chi connectivity index (χ0) is 12.4. The first-order valence-electron chi connectivity index (χ1n) is 4.88. The van der Waals surface area contributed by atoms with E-state index in [9.17, 15) is 4.39 Å². The molecule has 0 spiro atoms. The van der Waals surface area contributed by atoms with Crippen molar-refractivity contribution < 1.29 is 4.39 Å². The lowest BCUT2D eigenvalue weighted by atomic mass is 10.3. The Morgan fingerprint density at radius 2 is 2.00 bits per heavy atom. The Bertz CT molecular complexity index is 544. The van der Waals surface area contributed by atoms with Crippen molar-refractivity contribution in [3.05, 3.63) is 40.2 Å². The number of hydrogen-bond donors (Lipinski definition) is 2. The molecule has 4 nitrogen and oxygen atoms in total.